The molecule has 102 valence electrons. The maximum atomic E-state index is 6.36. The van der Waals surface area contributed by atoms with Crippen LogP contribution in [0.4, 0.5) is 5.69 Å². The fourth-order valence-corrected chi connectivity index (χ4v) is 2.41. The summed E-state index contributed by atoms with van der Waals surface area (Å²) in [4.78, 5) is 2.37. The summed E-state index contributed by atoms with van der Waals surface area (Å²) >= 11 is 6.36. The Morgan fingerprint density at radius 3 is 2.50 bits per heavy atom. The van der Waals surface area contributed by atoms with Crippen molar-refractivity contribution in [2.75, 3.05) is 11.4 Å². The van der Waals surface area contributed by atoms with Gasteiger partial charge in [-0.15, -0.1) is 0 Å². The second kappa shape index (κ2) is 7.65. The van der Waals surface area contributed by atoms with E-state index in [1.807, 2.05) is 6.07 Å². The van der Waals surface area contributed by atoms with Crippen LogP contribution in [-0.4, -0.2) is 12.6 Å². The molecule has 0 aromatic heterocycles. The molecule has 0 saturated heterocycles. The zero-order valence-electron chi connectivity index (χ0n) is 11.7. The van der Waals surface area contributed by atoms with Gasteiger partial charge in [-0.05, 0) is 38.0 Å². The number of hydrogen-bond acceptors (Lipinski definition) is 2. The summed E-state index contributed by atoms with van der Waals surface area (Å²) < 4.78 is 0. The first-order chi connectivity index (χ1) is 8.60. The highest BCUT2D eigenvalue weighted by atomic mass is 35.5. The summed E-state index contributed by atoms with van der Waals surface area (Å²) in [7, 11) is 0. The Hall–Kier alpha value is -0.730. The molecule has 1 rings (SSSR count). The summed E-state index contributed by atoms with van der Waals surface area (Å²) in [5.74, 6) is 0. The largest absolute Gasteiger partial charge is 0.368 e. The van der Waals surface area contributed by atoms with Gasteiger partial charge in [-0.1, -0.05) is 37.4 Å². The summed E-state index contributed by atoms with van der Waals surface area (Å²) in [6.07, 6.45) is 3.72. The van der Waals surface area contributed by atoms with Gasteiger partial charge in [0.2, 0.25) is 0 Å². The lowest BCUT2D eigenvalue weighted by atomic mass is 10.1. The highest BCUT2D eigenvalue weighted by molar-refractivity contribution is 6.33. The minimum atomic E-state index is 0.461. The van der Waals surface area contributed by atoms with Crippen LogP contribution in [0.5, 0.6) is 0 Å². The van der Waals surface area contributed by atoms with E-state index in [0.717, 1.165) is 22.8 Å². The Labute approximate surface area is 116 Å². The summed E-state index contributed by atoms with van der Waals surface area (Å²) in [5.41, 5.74) is 7.84. The van der Waals surface area contributed by atoms with Gasteiger partial charge < -0.3 is 10.6 Å². The molecule has 0 spiro atoms. The van der Waals surface area contributed by atoms with E-state index in [-0.39, 0.29) is 0 Å². The van der Waals surface area contributed by atoms with E-state index in [2.05, 4.69) is 37.8 Å². The van der Waals surface area contributed by atoms with E-state index < -0.39 is 0 Å². The fraction of sp³-hybridized carbons (Fsp3) is 0.600. The van der Waals surface area contributed by atoms with Crippen molar-refractivity contribution in [3.05, 3.63) is 28.8 Å². The lowest BCUT2D eigenvalue weighted by Crippen LogP contribution is -2.32. The number of halogens is 1. The number of hydrogen-bond donors (Lipinski definition) is 1. The van der Waals surface area contributed by atoms with E-state index in [0.29, 0.717) is 12.6 Å². The highest BCUT2D eigenvalue weighted by Gasteiger charge is 2.13. The van der Waals surface area contributed by atoms with E-state index in [1.54, 1.807) is 0 Å². The third kappa shape index (κ3) is 4.18. The Morgan fingerprint density at radius 1 is 1.28 bits per heavy atom. The monoisotopic (exact) mass is 268 g/mol. The predicted octanol–water partition coefficient (Wildman–Crippen LogP) is 4.20. The number of nitrogens with two attached hydrogens (primary N) is 1. The molecule has 0 aliphatic heterocycles. The van der Waals surface area contributed by atoms with Gasteiger partial charge >= 0.3 is 0 Å². The molecule has 2 N–H and O–H groups in total. The molecular weight excluding hydrogens is 244 g/mol. The van der Waals surface area contributed by atoms with Crippen LogP contribution < -0.4 is 10.6 Å². The fourth-order valence-electron chi connectivity index (χ4n) is 2.10. The molecular formula is C15H25ClN2. The summed E-state index contributed by atoms with van der Waals surface area (Å²) in [5, 5.41) is 0.808. The first-order valence-corrected chi connectivity index (χ1v) is 7.23. The molecule has 0 aliphatic carbocycles. The van der Waals surface area contributed by atoms with Crippen LogP contribution in [-0.2, 0) is 6.54 Å². The second-order valence-corrected chi connectivity index (χ2v) is 5.39. The summed E-state index contributed by atoms with van der Waals surface area (Å²) in [6.45, 7) is 8.24. The van der Waals surface area contributed by atoms with Crippen LogP contribution in [0.15, 0.2) is 18.2 Å². The quantitative estimate of drug-likeness (QED) is 0.751. The average molecular weight is 269 g/mol. The number of anilines is 1. The first kappa shape index (κ1) is 15.3. The number of benzene rings is 1. The van der Waals surface area contributed by atoms with Crippen molar-refractivity contribution in [1.29, 1.82) is 0 Å². The van der Waals surface area contributed by atoms with Crippen LogP contribution in [0.3, 0.4) is 0 Å². The third-order valence-electron chi connectivity index (χ3n) is 3.18. The molecule has 0 amide bonds. The van der Waals surface area contributed by atoms with Crippen LogP contribution >= 0.6 is 11.6 Å². The lowest BCUT2D eigenvalue weighted by Gasteiger charge is -2.30. The zero-order chi connectivity index (χ0) is 13.5. The van der Waals surface area contributed by atoms with Gasteiger partial charge in [-0.2, -0.15) is 0 Å². The van der Waals surface area contributed by atoms with E-state index in [4.69, 9.17) is 17.3 Å². The van der Waals surface area contributed by atoms with E-state index in [1.165, 1.54) is 19.3 Å². The van der Waals surface area contributed by atoms with Crippen molar-refractivity contribution in [2.45, 2.75) is 52.6 Å². The smallest absolute Gasteiger partial charge is 0.0642 e. The van der Waals surface area contributed by atoms with Gasteiger partial charge in [0.1, 0.15) is 0 Å². The maximum absolute atomic E-state index is 6.36. The zero-order valence-corrected chi connectivity index (χ0v) is 12.5. The highest BCUT2D eigenvalue weighted by Crippen LogP contribution is 2.28. The van der Waals surface area contributed by atoms with Crippen molar-refractivity contribution in [1.82, 2.24) is 0 Å². The van der Waals surface area contributed by atoms with Crippen molar-refractivity contribution in [3.63, 3.8) is 0 Å². The third-order valence-corrected chi connectivity index (χ3v) is 3.49. The van der Waals surface area contributed by atoms with Gasteiger partial charge in [-0.25, -0.2) is 0 Å². The Morgan fingerprint density at radius 2 is 2.00 bits per heavy atom. The van der Waals surface area contributed by atoms with Gasteiger partial charge in [-0.3, -0.25) is 0 Å². The molecule has 3 heteroatoms. The molecule has 2 nitrogen and oxygen atoms in total. The molecule has 0 atom stereocenters. The van der Waals surface area contributed by atoms with Crippen LogP contribution in [0.1, 0.15) is 45.6 Å². The summed E-state index contributed by atoms with van der Waals surface area (Å²) in [6, 6.07) is 6.60. The van der Waals surface area contributed by atoms with Crippen molar-refractivity contribution < 1.29 is 0 Å². The molecule has 0 heterocycles. The molecule has 0 fully saturated rings. The van der Waals surface area contributed by atoms with Gasteiger partial charge in [0.05, 0.1) is 10.7 Å². The SMILES string of the molecule is CCCCCN(c1ccc(CN)cc1Cl)C(C)C. The molecule has 0 saturated carbocycles. The maximum Gasteiger partial charge on any atom is 0.0642 e. The lowest BCUT2D eigenvalue weighted by molar-refractivity contribution is 0.626. The van der Waals surface area contributed by atoms with Crippen LogP contribution in [0.25, 0.3) is 0 Å². The normalized spacial score (nSPS) is 11.0. The van der Waals surface area contributed by atoms with Gasteiger partial charge in [0.15, 0.2) is 0 Å². The molecule has 0 radical (unpaired) electrons. The Kier molecular flexibility index (Phi) is 6.51. The molecule has 1 aromatic carbocycles. The van der Waals surface area contributed by atoms with Crippen molar-refractivity contribution in [3.8, 4) is 0 Å². The molecule has 0 unspecified atom stereocenters. The molecule has 1 aromatic rings. The average Bonchev–Trinajstić information content (AvgIpc) is 2.35. The number of unbranched alkanes of at least 4 members (excludes halogenated alkanes) is 2. The first-order valence-electron chi connectivity index (χ1n) is 6.85. The Balaban J connectivity index is 2.84. The molecule has 0 aliphatic rings. The molecule has 0 bridgehead atoms. The minimum Gasteiger partial charge on any atom is -0.368 e. The predicted molar refractivity (Wildman–Crippen MR) is 81.4 cm³/mol. The number of nitrogens with zero attached hydrogens (tertiary/aromatic N) is 1. The Bertz CT molecular complexity index is 364. The molecule has 18 heavy (non-hydrogen) atoms. The van der Waals surface area contributed by atoms with E-state index in [9.17, 15) is 0 Å². The van der Waals surface area contributed by atoms with Gasteiger partial charge in [0, 0.05) is 19.1 Å². The topological polar surface area (TPSA) is 29.3 Å². The van der Waals surface area contributed by atoms with Crippen molar-refractivity contribution >= 4 is 17.3 Å². The van der Waals surface area contributed by atoms with Gasteiger partial charge in [0.25, 0.3) is 0 Å². The van der Waals surface area contributed by atoms with E-state index >= 15 is 0 Å². The second-order valence-electron chi connectivity index (χ2n) is 4.98. The minimum absolute atomic E-state index is 0.461. The van der Waals surface area contributed by atoms with Crippen LogP contribution in [0, 0.1) is 0 Å². The standard InChI is InChI=1S/C15H25ClN2/c1-4-5-6-9-18(12(2)3)15-8-7-13(11-17)10-14(15)16/h7-8,10,12H,4-6,9,11,17H2,1-3H3. The number of rotatable bonds is 7. The van der Waals surface area contributed by atoms with Crippen molar-refractivity contribution in [2.24, 2.45) is 5.73 Å². The van der Waals surface area contributed by atoms with Crippen LogP contribution in [0.2, 0.25) is 5.02 Å².